The second-order valence-electron chi connectivity index (χ2n) is 6.66. The van der Waals surface area contributed by atoms with Gasteiger partial charge in [-0.1, -0.05) is 26.0 Å². The van der Waals surface area contributed by atoms with Crippen molar-refractivity contribution in [3.63, 3.8) is 0 Å². The van der Waals surface area contributed by atoms with E-state index >= 15 is 0 Å². The standard InChI is InChI=1S/C19H20ClFO2/c1-11(2)14-9-16-18(19(3,4)23-22-16)17(15(14)10-20)12-5-7-13(21)8-6-12/h5-9,11H,10H2,1-4H3. The average Bonchev–Trinajstić information content (AvgIpc) is 2.81. The second kappa shape index (κ2) is 5.81. The third kappa shape index (κ3) is 2.73. The summed E-state index contributed by atoms with van der Waals surface area (Å²) in [5, 5.41) is 0. The molecule has 0 aromatic heterocycles. The average molecular weight is 335 g/mol. The van der Waals surface area contributed by atoms with Crippen LogP contribution in [0.15, 0.2) is 30.3 Å². The first kappa shape index (κ1) is 16.3. The molecule has 0 saturated carbocycles. The lowest BCUT2D eigenvalue weighted by molar-refractivity contribution is -0.260. The molecular formula is C19H20ClFO2. The first-order valence-corrected chi connectivity index (χ1v) is 8.26. The molecule has 23 heavy (non-hydrogen) atoms. The fourth-order valence-electron chi connectivity index (χ4n) is 3.17. The lowest BCUT2D eigenvalue weighted by atomic mass is 9.82. The van der Waals surface area contributed by atoms with Crippen molar-refractivity contribution >= 4 is 11.6 Å². The van der Waals surface area contributed by atoms with Crippen LogP contribution in [-0.4, -0.2) is 0 Å². The van der Waals surface area contributed by atoms with Crippen molar-refractivity contribution in [1.29, 1.82) is 0 Å². The Kier molecular flexibility index (Phi) is 4.11. The van der Waals surface area contributed by atoms with Crippen molar-refractivity contribution in [2.24, 2.45) is 0 Å². The van der Waals surface area contributed by atoms with Gasteiger partial charge in [0.05, 0.1) is 0 Å². The molecule has 2 aromatic carbocycles. The molecule has 0 spiro atoms. The molecule has 0 atom stereocenters. The number of rotatable bonds is 3. The van der Waals surface area contributed by atoms with E-state index in [0.29, 0.717) is 17.5 Å². The zero-order valence-corrected chi connectivity index (χ0v) is 14.5. The van der Waals surface area contributed by atoms with Crippen LogP contribution in [0.1, 0.15) is 50.3 Å². The van der Waals surface area contributed by atoms with E-state index in [1.54, 1.807) is 12.1 Å². The molecule has 2 aromatic rings. The first-order chi connectivity index (χ1) is 10.8. The minimum absolute atomic E-state index is 0.260. The Hall–Kier alpha value is -1.58. The van der Waals surface area contributed by atoms with E-state index < -0.39 is 5.60 Å². The van der Waals surface area contributed by atoms with Gasteiger partial charge in [0.25, 0.3) is 0 Å². The fourth-order valence-corrected chi connectivity index (χ4v) is 3.46. The molecule has 122 valence electrons. The normalized spacial score (nSPS) is 15.6. The molecule has 4 heteroatoms. The van der Waals surface area contributed by atoms with Crippen molar-refractivity contribution in [3.8, 4) is 16.9 Å². The quantitative estimate of drug-likeness (QED) is 0.513. The molecule has 0 saturated heterocycles. The summed E-state index contributed by atoms with van der Waals surface area (Å²) in [5.41, 5.74) is 4.46. The van der Waals surface area contributed by atoms with E-state index in [-0.39, 0.29) is 5.82 Å². The van der Waals surface area contributed by atoms with Gasteiger partial charge in [0, 0.05) is 11.4 Å². The van der Waals surface area contributed by atoms with Crippen molar-refractivity contribution in [2.75, 3.05) is 0 Å². The minimum atomic E-state index is -0.588. The predicted molar refractivity (Wildman–Crippen MR) is 90.2 cm³/mol. The molecule has 0 N–H and O–H groups in total. The highest BCUT2D eigenvalue weighted by atomic mass is 35.5. The molecule has 3 rings (SSSR count). The zero-order chi connectivity index (χ0) is 16.8. The highest BCUT2D eigenvalue weighted by Gasteiger charge is 2.39. The van der Waals surface area contributed by atoms with Crippen LogP contribution in [0.4, 0.5) is 4.39 Å². The van der Waals surface area contributed by atoms with Crippen LogP contribution in [0, 0.1) is 5.82 Å². The van der Waals surface area contributed by atoms with Crippen molar-refractivity contribution in [2.45, 2.75) is 45.1 Å². The fraction of sp³-hybridized carbons (Fsp3) is 0.368. The van der Waals surface area contributed by atoms with Crippen molar-refractivity contribution in [1.82, 2.24) is 0 Å². The predicted octanol–water partition coefficient (Wildman–Crippen LogP) is 5.91. The van der Waals surface area contributed by atoms with E-state index in [0.717, 1.165) is 27.8 Å². The molecular weight excluding hydrogens is 315 g/mol. The minimum Gasteiger partial charge on any atom is -0.336 e. The molecule has 0 amide bonds. The summed E-state index contributed by atoms with van der Waals surface area (Å²) in [6.45, 7) is 8.15. The Morgan fingerprint density at radius 2 is 1.83 bits per heavy atom. The largest absolute Gasteiger partial charge is 0.336 e. The maximum atomic E-state index is 13.3. The van der Waals surface area contributed by atoms with Gasteiger partial charge in [-0.3, -0.25) is 0 Å². The highest BCUT2D eigenvalue weighted by molar-refractivity contribution is 6.17. The van der Waals surface area contributed by atoms with Crippen LogP contribution < -0.4 is 4.89 Å². The number of halogens is 2. The Morgan fingerprint density at radius 1 is 1.17 bits per heavy atom. The Labute approximate surface area is 141 Å². The number of hydrogen-bond acceptors (Lipinski definition) is 2. The number of alkyl halides is 1. The van der Waals surface area contributed by atoms with E-state index in [4.69, 9.17) is 21.4 Å². The van der Waals surface area contributed by atoms with Gasteiger partial charge in [0.2, 0.25) is 0 Å². The molecule has 1 heterocycles. The Bertz CT molecular complexity index is 736. The third-order valence-electron chi connectivity index (χ3n) is 4.26. The van der Waals surface area contributed by atoms with Crippen molar-refractivity contribution in [3.05, 3.63) is 52.8 Å². The topological polar surface area (TPSA) is 18.5 Å². The number of benzene rings is 2. The van der Waals surface area contributed by atoms with Crippen molar-refractivity contribution < 1.29 is 14.2 Å². The molecule has 0 radical (unpaired) electrons. The summed E-state index contributed by atoms with van der Waals surface area (Å²) in [4.78, 5) is 11.0. The molecule has 1 aliphatic heterocycles. The molecule has 0 unspecified atom stereocenters. The monoisotopic (exact) mass is 334 g/mol. The van der Waals surface area contributed by atoms with Gasteiger partial charge in [0.15, 0.2) is 5.75 Å². The molecule has 0 bridgehead atoms. The van der Waals surface area contributed by atoms with Crippen LogP contribution in [0.25, 0.3) is 11.1 Å². The number of hydrogen-bond donors (Lipinski definition) is 0. The molecule has 1 aliphatic rings. The molecule has 2 nitrogen and oxygen atoms in total. The third-order valence-corrected chi connectivity index (χ3v) is 4.53. The smallest absolute Gasteiger partial charge is 0.172 e. The Balaban J connectivity index is 2.37. The second-order valence-corrected chi connectivity index (χ2v) is 6.93. The van der Waals surface area contributed by atoms with E-state index in [9.17, 15) is 4.39 Å². The summed E-state index contributed by atoms with van der Waals surface area (Å²) in [6.07, 6.45) is 0. The van der Waals surface area contributed by atoms with Crippen LogP contribution in [-0.2, 0) is 16.4 Å². The lowest BCUT2D eigenvalue weighted by Gasteiger charge is -2.23. The van der Waals surface area contributed by atoms with Gasteiger partial charge in [0.1, 0.15) is 11.4 Å². The van der Waals surface area contributed by atoms with Crippen LogP contribution in [0.2, 0.25) is 0 Å². The maximum absolute atomic E-state index is 13.3. The van der Waals surface area contributed by atoms with Gasteiger partial charge in [-0.15, -0.1) is 11.6 Å². The van der Waals surface area contributed by atoms with Gasteiger partial charge >= 0.3 is 0 Å². The van der Waals surface area contributed by atoms with E-state index in [1.807, 2.05) is 19.9 Å². The van der Waals surface area contributed by atoms with Gasteiger partial charge in [-0.05, 0) is 60.2 Å². The molecule has 0 aliphatic carbocycles. The summed E-state index contributed by atoms with van der Waals surface area (Å²) >= 11 is 6.30. The maximum Gasteiger partial charge on any atom is 0.172 e. The lowest BCUT2D eigenvalue weighted by Crippen LogP contribution is -2.17. The van der Waals surface area contributed by atoms with E-state index in [2.05, 4.69) is 13.8 Å². The first-order valence-electron chi connectivity index (χ1n) is 7.73. The van der Waals surface area contributed by atoms with Crippen LogP contribution >= 0.6 is 11.6 Å². The van der Waals surface area contributed by atoms with Crippen LogP contribution in [0.5, 0.6) is 5.75 Å². The van der Waals surface area contributed by atoms with Gasteiger partial charge in [-0.2, -0.15) is 4.89 Å². The van der Waals surface area contributed by atoms with Crippen LogP contribution in [0.3, 0.4) is 0 Å². The number of fused-ring (bicyclic) bond motifs is 1. The SMILES string of the molecule is CC(C)c1cc2c(c(-c3ccc(F)cc3)c1CCl)C(C)(C)OO2. The summed E-state index contributed by atoms with van der Waals surface area (Å²) in [5.74, 6) is 1.13. The summed E-state index contributed by atoms with van der Waals surface area (Å²) < 4.78 is 13.3. The Morgan fingerprint density at radius 3 is 2.39 bits per heavy atom. The zero-order valence-electron chi connectivity index (χ0n) is 13.7. The molecule has 0 fully saturated rings. The van der Waals surface area contributed by atoms with E-state index in [1.165, 1.54) is 12.1 Å². The highest BCUT2D eigenvalue weighted by Crippen LogP contribution is 2.49. The summed E-state index contributed by atoms with van der Waals surface area (Å²) in [6, 6.07) is 8.50. The summed E-state index contributed by atoms with van der Waals surface area (Å²) in [7, 11) is 0. The van der Waals surface area contributed by atoms with Gasteiger partial charge in [-0.25, -0.2) is 4.39 Å². The van der Waals surface area contributed by atoms with Gasteiger partial charge < -0.3 is 4.89 Å².